The van der Waals surface area contributed by atoms with E-state index in [1.807, 2.05) is 24.5 Å². The largest absolute Gasteiger partial charge is 0.497 e. The van der Waals surface area contributed by atoms with Crippen molar-refractivity contribution in [3.05, 3.63) is 67.0 Å². The molecule has 6 heteroatoms. The van der Waals surface area contributed by atoms with E-state index in [2.05, 4.69) is 69.3 Å². The third kappa shape index (κ3) is 4.24. The number of nitrogens with zero attached hydrogens (tertiary/aromatic N) is 3. The Labute approximate surface area is 189 Å². The van der Waals surface area contributed by atoms with E-state index in [4.69, 9.17) is 4.74 Å². The lowest BCUT2D eigenvalue weighted by Gasteiger charge is -2.34. The second-order valence-electron chi connectivity index (χ2n) is 7.89. The van der Waals surface area contributed by atoms with Crippen LogP contribution in [0.5, 0.6) is 5.75 Å². The summed E-state index contributed by atoms with van der Waals surface area (Å²) in [6, 6.07) is 19.2. The SMILES string of the molecule is COc1cccc(-c2c[nH]c3ncc(-c4ccc(N5CCN(C)CC5)cc4)cc23)c1.Cl. The Morgan fingerprint density at radius 2 is 1.68 bits per heavy atom. The zero-order chi connectivity index (χ0) is 20.5. The van der Waals surface area contributed by atoms with E-state index in [1.165, 1.54) is 11.3 Å². The number of ether oxygens (including phenoxy) is 1. The maximum Gasteiger partial charge on any atom is 0.137 e. The number of hydrogen-bond acceptors (Lipinski definition) is 4. The van der Waals surface area contributed by atoms with Gasteiger partial charge in [0.05, 0.1) is 7.11 Å². The van der Waals surface area contributed by atoms with Crippen LogP contribution >= 0.6 is 12.4 Å². The van der Waals surface area contributed by atoms with Crippen LogP contribution < -0.4 is 9.64 Å². The van der Waals surface area contributed by atoms with Crippen LogP contribution in [-0.2, 0) is 0 Å². The molecule has 1 fully saturated rings. The Kier molecular flexibility index (Phi) is 6.16. The van der Waals surface area contributed by atoms with Crippen molar-refractivity contribution in [3.8, 4) is 28.0 Å². The first-order valence-corrected chi connectivity index (χ1v) is 10.4. The summed E-state index contributed by atoms with van der Waals surface area (Å²) in [5, 5.41) is 1.11. The highest BCUT2D eigenvalue weighted by Crippen LogP contribution is 2.33. The Morgan fingerprint density at radius 3 is 2.42 bits per heavy atom. The third-order valence-electron chi connectivity index (χ3n) is 5.98. The smallest absolute Gasteiger partial charge is 0.137 e. The Morgan fingerprint density at radius 1 is 0.903 bits per heavy atom. The van der Waals surface area contributed by atoms with Gasteiger partial charge in [0.15, 0.2) is 0 Å². The molecule has 1 N–H and O–H groups in total. The fourth-order valence-corrected chi connectivity index (χ4v) is 4.12. The summed E-state index contributed by atoms with van der Waals surface area (Å²) in [4.78, 5) is 12.8. The van der Waals surface area contributed by atoms with Crippen LogP contribution in [-0.4, -0.2) is 55.2 Å². The molecule has 0 bridgehead atoms. The average molecular weight is 435 g/mol. The first-order chi connectivity index (χ1) is 14.7. The van der Waals surface area contributed by atoms with Gasteiger partial charge in [0.1, 0.15) is 11.4 Å². The van der Waals surface area contributed by atoms with Crippen molar-refractivity contribution in [3.63, 3.8) is 0 Å². The van der Waals surface area contributed by atoms with E-state index in [0.717, 1.165) is 59.7 Å². The van der Waals surface area contributed by atoms with Crippen LogP contribution in [0.1, 0.15) is 0 Å². The lowest BCUT2D eigenvalue weighted by atomic mass is 10.0. The molecule has 3 heterocycles. The minimum atomic E-state index is 0. The molecule has 0 amide bonds. The predicted molar refractivity (Wildman–Crippen MR) is 130 cm³/mol. The number of hydrogen-bond donors (Lipinski definition) is 1. The maximum atomic E-state index is 5.39. The average Bonchev–Trinajstić information content (AvgIpc) is 3.23. The Balaban J connectivity index is 0.00000231. The molecule has 0 aliphatic carbocycles. The third-order valence-corrected chi connectivity index (χ3v) is 5.98. The van der Waals surface area contributed by atoms with Gasteiger partial charge in [-0.3, -0.25) is 0 Å². The van der Waals surface area contributed by atoms with Gasteiger partial charge in [-0.2, -0.15) is 0 Å². The van der Waals surface area contributed by atoms with Gasteiger partial charge in [-0.05, 0) is 48.5 Å². The van der Waals surface area contributed by atoms with Crippen LogP contribution in [0, 0.1) is 0 Å². The van der Waals surface area contributed by atoms with E-state index >= 15 is 0 Å². The number of likely N-dealkylation sites (N-methyl/N-ethyl adjacent to an activating group) is 1. The highest BCUT2D eigenvalue weighted by molar-refractivity contribution is 5.96. The molecule has 31 heavy (non-hydrogen) atoms. The fraction of sp³-hybridized carbons (Fsp3) is 0.240. The van der Waals surface area contributed by atoms with Crippen LogP contribution in [0.4, 0.5) is 5.69 Å². The standard InChI is InChI=1S/C25H26N4O.ClH/c1-28-10-12-29(13-11-28)21-8-6-18(7-9-21)20-15-23-24(17-27-25(23)26-16-20)19-4-3-5-22(14-19)30-2;/h3-9,14-17H,10-13H2,1-2H3,(H,26,27);1H. The monoisotopic (exact) mass is 434 g/mol. The fourth-order valence-electron chi connectivity index (χ4n) is 4.12. The summed E-state index contributed by atoms with van der Waals surface area (Å²) in [5.74, 6) is 0.852. The summed E-state index contributed by atoms with van der Waals surface area (Å²) < 4.78 is 5.39. The maximum absolute atomic E-state index is 5.39. The number of benzene rings is 2. The minimum absolute atomic E-state index is 0. The number of aromatic amines is 1. The molecular weight excluding hydrogens is 408 g/mol. The van der Waals surface area contributed by atoms with E-state index in [9.17, 15) is 0 Å². The van der Waals surface area contributed by atoms with Crippen molar-refractivity contribution >= 4 is 29.1 Å². The number of rotatable bonds is 4. The number of nitrogens with one attached hydrogen (secondary N) is 1. The Hall–Kier alpha value is -3.02. The number of fused-ring (bicyclic) bond motifs is 1. The second-order valence-corrected chi connectivity index (χ2v) is 7.89. The number of halogens is 1. The van der Waals surface area contributed by atoms with Gasteiger partial charge < -0.3 is 19.5 Å². The molecule has 0 spiro atoms. The minimum Gasteiger partial charge on any atom is -0.497 e. The van der Waals surface area contributed by atoms with E-state index in [1.54, 1.807) is 7.11 Å². The highest BCUT2D eigenvalue weighted by Gasteiger charge is 2.14. The Bertz CT molecular complexity index is 1160. The lowest BCUT2D eigenvalue weighted by Crippen LogP contribution is -2.44. The number of aromatic nitrogens is 2. The van der Waals surface area contributed by atoms with Crippen molar-refractivity contribution in [1.29, 1.82) is 0 Å². The molecule has 2 aromatic carbocycles. The summed E-state index contributed by atoms with van der Waals surface area (Å²) >= 11 is 0. The van der Waals surface area contributed by atoms with E-state index in [0.29, 0.717) is 0 Å². The van der Waals surface area contributed by atoms with Gasteiger partial charge in [0.2, 0.25) is 0 Å². The molecule has 5 rings (SSSR count). The van der Waals surface area contributed by atoms with Crippen molar-refractivity contribution in [2.75, 3.05) is 45.2 Å². The second kappa shape index (κ2) is 9.00. The lowest BCUT2D eigenvalue weighted by molar-refractivity contribution is 0.313. The van der Waals surface area contributed by atoms with E-state index < -0.39 is 0 Å². The zero-order valence-electron chi connectivity index (χ0n) is 17.8. The highest BCUT2D eigenvalue weighted by atomic mass is 35.5. The van der Waals surface area contributed by atoms with E-state index in [-0.39, 0.29) is 12.4 Å². The molecule has 1 aliphatic heterocycles. The molecular formula is C25H27ClN4O. The number of anilines is 1. The van der Waals surface area contributed by atoms with Crippen molar-refractivity contribution in [2.45, 2.75) is 0 Å². The number of H-pyrrole nitrogens is 1. The first-order valence-electron chi connectivity index (χ1n) is 10.4. The van der Waals surface area contributed by atoms with Crippen LogP contribution in [0.3, 0.4) is 0 Å². The van der Waals surface area contributed by atoms with Crippen molar-refractivity contribution in [1.82, 2.24) is 14.9 Å². The van der Waals surface area contributed by atoms with Crippen LogP contribution in [0.25, 0.3) is 33.3 Å². The summed E-state index contributed by atoms with van der Waals surface area (Å²) in [6.45, 7) is 4.39. The number of pyridine rings is 1. The zero-order valence-corrected chi connectivity index (χ0v) is 18.7. The summed E-state index contributed by atoms with van der Waals surface area (Å²) in [7, 11) is 3.88. The van der Waals surface area contributed by atoms with Crippen LogP contribution in [0.15, 0.2) is 67.0 Å². The topological polar surface area (TPSA) is 44.4 Å². The first kappa shape index (κ1) is 21.2. The quantitative estimate of drug-likeness (QED) is 0.486. The molecule has 160 valence electrons. The van der Waals surface area contributed by atoms with Gasteiger partial charge in [0.25, 0.3) is 0 Å². The van der Waals surface area contributed by atoms with Crippen LogP contribution in [0.2, 0.25) is 0 Å². The molecule has 5 nitrogen and oxygen atoms in total. The number of piperazine rings is 1. The molecule has 0 atom stereocenters. The molecule has 0 radical (unpaired) electrons. The van der Waals surface area contributed by atoms with Gasteiger partial charge in [-0.25, -0.2) is 4.98 Å². The van der Waals surface area contributed by atoms with Crippen molar-refractivity contribution in [2.24, 2.45) is 0 Å². The van der Waals surface area contributed by atoms with Gasteiger partial charge in [0, 0.05) is 60.8 Å². The van der Waals surface area contributed by atoms with Gasteiger partial charge in [-0.1, -0.05) is 24.3 Å². The van der Waals surface area contributed by atoms with Gasteiger partial charge in [-0.15, -0.1) is 12.4 Å². The molecule has 0 unspecified atom stereocenters. The molecule has 0 saturated carbocycles. The molecule has 1 saturated heterocycles. The summed E-state index contributed by atoms with van der Waals surface area (Å²) in [5.41, 5.74) is 6.73. The van der Waals surface area contributed by atoms with Gasteiger partial charge >= 0.3 is 0 Å². The molecule has 4 aromatic rings. The molecule has 2 aromatic heterocycles. The number of methoxy groups -OCH3 is 1. The van der Waals surface area contributed by atoms with Crippen molar-refractivity contribution < 1.29 is 4.74 Å². The normalized spacial score (nSPS) is 14.5. The molecule has 1 aliphatic rings. The predicted octanol–water partition coefficient (Wildman–Crippen LogP) is 5.08. The summed E-state index contributed by atoms with van der Waals surface area (Å²) in [6.07, 6.45) is 3.96.